The molecule has 2 rings (SSSR count). The number of amides is 2. The molecule has 0 aromatic heterocycles. The van der Waals surface area contributed by atoms with Gasteiger partial charge in [0, 0.05) is 18.9 Å². The van der Waals surface area contributed by atoms with E-state index in [0.29, 0.717) is 19.5 Å². The van der Waals surface area contributed by atoms with Crippen LogP contribution in [0.2, 0.25) is 0 Å². The summed E-state index contributed by atoms with van der Waals surface area (Å²) in [7, 11) is 0. The summed E-state index contributed by atoms with van der Waals surface area (Å²) in [4.78, 5) is 24.9. The molecule has 0 saturated carbocycles. The number of imide groups is 1. The van der Waals surface area contributed by atoms with E-state index in [4.69, 9.17) is 5.73 Å². The molecule has 4 heteroatoms. The SMILES string of the molecule is Cc1cc(CN)ccc1CN1C(=O)CC(C)C1=O. The summed E-state index contributed by atoms with van der Waals surface area (Å²) in [5, 5.41) is 0. The number of nitrogens with two attached hydrogens (primary N) is 1. The normalized spacial score (nSPS) is 19.7. The predicted octanol–water partition coefficient (Wildman–Crippen LogP) is 1.35. The lowest BCUT2D eigenvalue weighted by molar-refractivity contribution is -0.139. The molecular formula is C14H18N2O2. The van der Waals surface area contributed by atoms with Gasteiger partial charge in [-0.3, -0.25) is 14.5 Å². The Bertz CT molecular complexity index is 497. The van der Waals surface area contributed by atoms with Gasteiger partial charge in [-0.1, -0.05) is 25.1 Å². The van der Waals surface area contributed by atoms with Crippen LogP contribution in [0.25, 0.3) is 0 Å². The topological polar surface area (TPSA) is 63.4 Å². The fraction of sp³-hybridized carbons (Fsp3) is 0.429. The van der Waals surface area contributed by atoms with E-state index in [9.17, 15) is 9.59 Å². The molecule has 1 aliphatic heterocycles. The van der Waals surface area contributed by atoms with Crippen molar-refractivity contribution in [2.45, 2.75) is 33.4 Å². The lowest BCUT2D eigenvalue weighted by atomic mass is 10.0. The fourth-order valence-electron chi connectivity index (χ4n) is 2.25. The number of hydrogen-bond donors (Lipinski definition) is 1. The summed E-state index contributed by atoms with van der Waals surface area (Å²) in [5.41, 5.74) is 8.71. The van der Waals surface area contributed by atoms with E-state index in [1.165, 1.54) is 4.90 Å². The molecule has 0 spiro atoms. The Balaban J connectivity index is 2.19. The summed E-state index contributed by atoms with van der Waals surface area (Å²) in [6.45, 7) is 4.64. The van der Waals surface area contributed by atoms with Gasteiger partial charge in [-0.05, 0) is 23.6 Å². The van der Waals surface area contributed by atoms with E-state index < -0.39 is 0 Å². The van der Waals surface area contributed by atoms with Gasteiger partial charge < -0.3 is 5.73 Å². The molecule has 1 aliphatic rings. The van der Waals surface area contributed by atoms with Crippen LogP contribution in [-0.4, -0.2) is 16.7 Å². The molecule has 2 amide bonds. The van der Waals surface area contributed by atoms with Crippen molar-refractivity contribution >= 4 is 11.8 Å². The van der Waals surface area contributed by atoms with Gasteiger partial charge >= 0.3 is 0 Å². The van der Waals surface area contributed by atoms with Crippen molar-refractivity contribution in [3.8, 4) is 0 Å². The zero-order chi connectivity index (χ0) is 13.3. The third kappa shape index (κ3) is 2.29. The van der Waals surface area contributed by atoms with Crippen LogP contribution >= 0.6 is 0 Å². The molecule has 1 heterocycles. The first kappa shape index (κ1) is 12.8. The summed E-state index contributed by atoms with van der Waals surface area (Å²) in [5.74, 6) is -0.321. The minimum absolute atomic E-state index is 0.0673. The zero-order valence-electron chi connectivity index (χ0n) is 10.8. The van der Waals surface area contributed by atoms with Crippen LogP contribution in [0.15, 0.2) is 18.2 Å². The van der Waals surface area contributed by atoms with Crippen LogP contribution in [-0.2, 0) is 22.7 Å². The number of rotatable bonds is 3. The molecule has 1 aromatic carbocycles. The molecule has 0 aliphatic carbocycles. The average Bonchev–Trinajstić information content (AvgIpc) is 2.58. The van der Waals surface area contributed by atoms with Gasteiger partial charge in [0.15, 0.2) is 0 Å². The largest absolute Gasteiger partial charge is 0.326 e. The average molecular weight is 246 g/mol. The monoisotopic (exact) mass is 246 g/mol. The van der Waals surface area contributed by atoms with Crippen molar-refractivity contribution in [1.29, 1.82) is 0 Å². The first-order valence-corrected chi connectivity index (χ1v) is 6.15. The molecule has 4 nitrogen and oxygen atoms in total. The Morgan fingerprint density at radius 3 is 2.61 bits per heavy atom. The number of carbonyl (C=O) groups excluding carboxylic acids is 2. The predicted molar refractivity (Wildman–Crippen MR) is 68.4 cm³/mol. The second-order valence-corrected chi connectivity index (χ2v) is 4.89. The van der Waals surface area contributed by atoms with Crippen molar-refractivity contribution in [3.05, 3.63) is 34.9 Å². The summed E-state index contributed by atoms with van der Waals surface area (Å²) in [6.07, 6.45) is 0.332. The maximum atomic E-state index is 11.8. The van der Waals surface area contributed by atoms with Gasteiger partial charge in [-0.2, -0.15) is 0 Å². The van der Waals surface area contributed by atoms with Crippen molar-refractivity contribution in [2.24, 2.45) is 11.7 Å². The molecule has 2 N–H and O–H groups in total. The minimum Gasteiger partial charge on any atom is -0.326 e. The summed E-state index contributed by atoms with van der Waals surface area (Å²) in [6, 6.07) is 5.89. The molecule has 0 radical (unpaired) electrons. The van der Waals surface area contributed by atoms with Gasteiger partial charge in [0.25, 0.3) is 0 Å². The van der Waals surface area contributed by atoms with Crippen molar-refractivity contribution in [2.75, 3.05) is 0 Å². The number of aryl methyl sites for hydroxylation is 1. The maximum absolute atomic E-state index is 11.8. The number of benzene rings is 1. The third-order valence-electron chi connectivity index (χ3n) is 3.44. The van der Waals surface area contributed by atoms with Gasteiger partial charge in [0.05, 0.1) is 6.54 Å². The van der Waals surface area contributed by atoms with E-state index in [1.54, 1.807) is 6.92 Å². The lowest BCUT2D eigenvalue weighted by Gasteiger charge is -2.16. The van der Waals surface area contributed by atoms with Crippen molar-refractivity contribution in [3.63, 3.8) is 0 Å². The van der Waals surface area contributed by atoms with Crippen LogP contribution < -0.4 is 5.73 Å². The Kier molecular flexibility index (Phi) is 3.48. The lowest BCUT2D eigenvalue weighted by Crippen LogP contribution is -2.30. The minimum atomic E-state index is -0.180. The molecule has 0 bridgehead atoms. The molecule has 1 fully saturated rings. The standard InChI is InChI=1S/C14H18N2O2/c1-9-5-11(7-15)3-4-12(9)8-16-13(17)6-10(2)14(16)18/h3-5,10H,6-8,15H2,1-2H3. The summed E-state index contributed by atoms with van der Waals surface area (Å²) >= 11 is 0. The molecule has 96 valence electrons. The number of carbonyl (C=O) groups is 2. The van der Waals surface area contributed by atoms with Crippen LogP contribution in [0.4, 0.5) is 0 Å². The van der Waals surface area contributed by atoms with Gasteiger partial charge in [0.2, 0.25) is 11.8 Å². The van der Waals surface area contributed by atoms with Crippen LogP contribution in [0.1, 0.15) is 30.0 Å². The van der Waals surface area contributed by atoms with Crippen LogP contribution in [0, 0.1) is 12.8 Å². The smallest absolute Gasteiger partial charge is 0.232 e. The van der Waals surface area contributed by atoms with Crippen molar-refractivity contribution < 1.29 is 9.59 Å². The molecule has 1 saturated heterocycles. The van der Waals surface area contributed by atoms with E-state index in [-0.39, 0.29) is 17.7 Å². The first-order chi connectivity index (χ1) is 8.52. The van der Waals surface area contributed by atoms with E-state index >= 15 is 0 Å². The summed E-state index contributed by atoms with van der Waals surface area (Å²) < 4.78 is 0. The van der Waals surface area contributed by atoms with E-state index in [2.05, 4.69) is 0 Å². The molecular weight excluding hydrogens is 228 g/mol. The van der Waals surface area contributed by atoms with Crippen molar-refractivity contribution in [1.82, 2.24) is 4.90 Å². The first-order valence-electron chi connectivity index (χ1n) is 6.15. The molecule has 1 unspecified atom stereocenters. The Labute approximate surface area is 107 Å². The highest BCUT2D eigenvalue weighted by atomic mass is 16.2. The zero-order valence-corrected chi connectivity index (χ0v) is 10.8. The highest BCUT2D eigenvalue weighted by Gasteiger charge is 2.35. The quantitative estimate of drug-likeness (QED) is 0.819. The number of likely N-dealkylation sites (tertiary alicyclic amines) is 1. The van der Waals surface area contributed by atoms with E-state index in [1.807, 2.05) is 25.1 Å². The second-order valence-electron chi connectivity index (χ2n) is 4.89. The van der Waals surface area contributed by atoms with E-state index in [0.717, 1.165) is 16.7 Å². The highest BCUT2D eigenvalue weighted by Crippen LogP contribution is 2.22. The molecule has 18 heavy (non-hydrogen) atoms. The Morgan fingerprint density at radius 2 is 2.11 bits per heavy atom. The number of nitrogens with zero attached hydrogens (tertiary/aromatic N) is 1. The van der Waals surface area contributed by atoms with Gasteiger partial charge in [-0.25, -0.2) is 0 Å². The van der Waals surface area contributed by atoms with Gasteiger partial charge in [0.1, 0.15) is 0 Å². The third-order valence-corrected chi connectivity index (χ3v) is 3.44. The fourth-order valence-corrected chi connectivity index (χ4v) is 2.25. The molecule has 1 aromatic rings. The Hall–Kier alpha value is -1.68. The number of hydrogen-bond acceptors (Lipinski definition) is 3. The molecule has 1 atom stereocenters. The Morgan fingerprint density at radius 1 is 1.39 bits per heavy atom. The van der Waals surface area contributed by atoms with Gasteiger partial charge in [-0.15, -0.1) is 0 Å². The second kappa shape index (κ2) is 4.90. The van der Waals surface area contributed by atoms with Crippen LogP contribution in [0.5, 0.6) is 0 Å². The highest BCUT2D eigenvalue weighted by molar-refractivity contribution is 6.03. The maximum Gasteiger partial charge on any atom is 0.232 e. The van der Waals surface area contributed by atoms with Crippen LogP contribution in [0.3, 0.4) is 0 Å².